The maximum absolute atomic E-state index is 13.8. The van der Waals surface area contributed by atoms with Gasteiger partial charge in [-0.15, -0.1) is 0 Å². The molecule has 1 heterocycles. The number of hydrogen-bond donors (Lipinski definition) is 2. The topological polar surface area (TPSA) is 83.1 Å². The molecule has 2 aromatic carbocycles. The minimum atomic E-state index is -0.605. The van der Waals surface area contributed by atoms with E-state index in [2.05, 4.69) is 29.4 Å². The van der Waals surface area contributed by atoms with Crippen molar-refractivity contribution in [2.45, 2.75) is 26.0 Å². The van der Waals surface area contributed by atoms with E-state index in [4.69, 9.17) is 9.47 Å². The van der Waals surface area contributed by atoms with Gasteiger partial charge in [0.2, 0.25) is 0 Å². The minimum Gasteiger partial charge on any atom is -0.491 e. The lowest BCUT2D eigenvalue weighted by molar-refractivity contribution is 0.0150. The van der Waals surface area contributed by atoms with Gasteiger partial charge < -0.3 is 25.0 Å². The molecule has 0 fully saturated rings. The second kappa shape index (κ2) is 11.3. The number of urea groups is 1. The molecular formula is C25H33FN4O4. The fourth-order valence-corrected chi connectivity index (χ4v) is 3.88. The van der Waals surface area contributed by atoms with Crippen molar-refractivity contribution in [2.75, 3.05) is 51.5 Å². The zero-order chi connectivity index (χ0) is 24.8. The molecule has 34 heavy (non-hydrogen) atoms. The lowest BCUT2D eigenvalue weighted by atomic mass is 10.0. The summed E-state index contributed by atoms with van der Waals surface area (Å²) in [5.41, 5.74) is 0.873. The largest absolute Gasteiger partial charge is 0.491 e. The van der Waals surface area contributed by atoms with Crippen molar-refractivity contribution in [3.63, 3.8) is 0 Å². The summed E-state index contributed by atoms with van der Waals surface area (Å²) in [5.74, 6) is -0.156. The van der Waals surface area contributed by atoms with Gasteiger partial charge in [-0.25, -0.2) is 9.18 Å². The molecular weight excluding hydrogens is 439 g/mol. The van der Waals surface area contributed by atoms with Gasteiger partial charge in [0.05, 0.1) is 17.4 Å². The molecule has 0 saturated carbocycles. The summed E-state index contributed by atoms with van der Waals surface area (Å²) >= 11 is 0. The third kappa shape index (κ3) is 6.24. The van der Waals surface area contributed by atoms with Gasteiger partial charge in [-0.2, -0.15) is 0 Å². The second-order valence-corrected chi connectivity index (χ2v) is 8.81. The molecule has 0 unspecified atom stereocenters. The Morgan fingerprint density at radius 3 is 2.56 bits per heavy atom. The number of methoxy groups -OCH3 is 1. The predicted molar refractivity (Wildman–Crippen MR) is 130 cm³/mol. The van der Waals surface area contributed by atoms with E-state index in [1.165, 1.54) is 12.1 Å². The van der Waals surface area contributed by atoms with Crippen LogP contribution in [0.25, 0.3) is 0 Å². The molecule has 1 aliphatic heterocycles. The van der Waals surface area contributed by atoms with Crippen LogP contribution < -0.4 is 15.4 Å². The number of benzene rings is 2. The van der Waals surface area contributed by atoms with Crippen LogP contribution in [0.3, 0.4) is 0 Å². The van der Waals surface area contributed by atoms with E-state index < -0.39 is 11.8 Å². The Morgan fingerprint density at radius 2 is 1.85 bits per heavy atom. The van der Waals surface area contributed by atoms with Crippen molar-refractivity contribution >= 4 is 23.3 Å². The lowest BCUT2D eigenvalue weighted by Gasteiger charge is -2.34. The van der Waals surface area contributed by atoms with E-state index in [-0.39, 0.29) is 29.7 Å². The van der Waals surface area contributed by atoms with Gasteiger partial charge in [-0.05, 0) is 44.2 Å². The highest BCUT2D eigenvalue weighted by Crippen LogP contribution is 2.27. The summed E-state index contributed by atoms with van der Waals surface area (Å²) in [6.07, 6.45) is -0.115. The SMILES string of the molecule is CO[C@H]1CN(C)C(=O)c2ccc(NC(=O)Nc3ccccc3F)cc2OC[C@H](C)N(C)C[C@H]1C. The van der Waals surface area contributed by atoms with Gasteiger partial charge in [0, 0.05) is 45.0 Å². The summed E-state index contributed by atoms with van der Waals surface area (Å²) in [5, 5.41) is 5.15. The van der Waals surface area contributed by atoms with Crippen LogP contribution in [-0.2, 0) is 4.74 Å². The van der Waals surface area contributed by atoms with E-state index in [1.807, 2.05) is 7.05 Å². The Hall–Kier alpha value is -3.17. The Morgan fingerprint density at radius 1 is 1.12 bits per heavy atom. The number of para-hydroxylation sites is 1. The van der Waals surface area contributed by atoms with Gasteiger partial charge in [0.15, 0.2) is 0 Å². The first-order chi connectivity index (χ1) is 16.2. The molecule has 3 atom stereocenters. The lowest BCUT2D eigenvalue weighted by Crippen LogP contribution is -2.45. The number of nitrogens with zero attached hydrogens (tertiary/aromatic N) is 2. The van der Waals surface area contributed by atoms with Crippen LogP contribution >= 0.6 is 0 Å². The molecule has 0 aromatic heterocycles. The van der Waals surface area contributed by atoms with Gasteiger partial charge in [-0.1, -0.05) is 19.1 Å². The van der Waals surface area contributed by atoms with Crippen molar-refractivity contribution in [2.24, 2.45) is 5.92 Å². The third-order valence-electron chi connectivity index (χ3n) is 6.14. The maximum atomic E-state index is 13.8. The highest BCUT2D eigenvalue weighted by molar-refractivity contribution is 6.01. The Kier molecular flexibility index (Phi) is 8.46. The number of halogens is 1. The van der Waals surface area contributed by atoms with E-state index in [0.717, 1.165) is 6.54 Å². The number of nitrogens with one attached hydrogen (secondary N) is 2. The average Bonchev–Trinajstić information content (AvgIpc) is 2.81. The van der Waals surface area contributed by atoms with Crippen LogP contribution in [-0.4, -0.2) is 74.8 Å². The summed E-state index contributed by atoms with van der Waals surface area (Å²) in [6.45, 7) is 5.74. The van der Waals surface area contributed by atoms with Crippen LogP contribution in [0.1, 0.15) is 24.2 Å². The van der Waals surface area contributed by atoms with Crippen molar-refractivity contribution in [1.82, 2.24) is 9.80 Å². The fraction of sp³-hybridized carbons (Fsp3) is 0.440. The highest BCUT2D eigenvalue weighted by atomic mass is 19.1. The number of fused-ring (bicyclic) bond motifs is 1. The first-order valence-corrected chi connectivity index (χ1v) is 11.3. The van der Waals surface area contributed by atoms with Crippen LogP contribution in [0.4, 0.5) is 20.6 Å². The molecule has 8 nitrogen and oxygen atoms in total. The van der Waals surface area contributed by atoms with E-state index in [1.54, 1.807) is 49.4 Å². The number of carbonyl (C=O) groups is 2. The maximum Gasteiger partial charge on any atom is 0.323 e. The molecule has 9 heteroatoms. The first-order valence-electron chi connectivity index (χ1n) is 11.3. The van der Waals surface area contributed by atoms with Gasteiger partial charge in [-0.3, -0.25) is 9.69 Å². The number of hydrogen-bond acceptors (Lipinski definition) is 5. The minimum absolute atomic E-state index is 0.0677. The summed E-state index contributed by atoms with van der Waals surface area (Å²) < 4.78 is 25.6. The fourth-order valence-electron chi connectivity index (χ4n) is 3.88. The molecule has 0 bridgehead atoms. The quantitative estimate of drug-likeness (QED) is 0.708. The van der Waals surface area contributed by atoms with E-state index in [0.29, 0.717) is 30.2 Å². The van der Waals surface area contributed by atoms with Crippen LogP contribution in [0.5, 0.6) is 5.75 Å². The van der Waals surface area contributed by atoms with Crippen LogP contribution in [0.15, 0.2) is 42.5 Å². The molecule has 3 rings (SSSR count). The smallest absolute Gasteiger partial charge is 0.323 e. The standard InChI is InChI=1S/C25H33FN4O4/c1-16-13-29(3)17(2)15-34-22-12-18(27-25(32)28-21-9-7-6-8-20(21)26)10-11-19(22)24(31)30(4)14-23(16)33-5/h6-12,16-17,23H,13-15H2,1-5H3,(H2,27,28,32)/t16-,17+,23+/m1/s1. The number of anilines is 2. The molecule has 0 saturated heterocycles. The Labute approximate surface area is 200 Å². The normalized spacial score (nSPS) is 22.1. The second-order valence-electron chi connectivity index (χ2n) is 8.81. The number of rotatable bonds is 3. The van der Waals surface area contributed by atoms with Crippen LogP contribution in [0, 0.1) is 11.7 Å². The number of amides is 3. The highest BCUT2D eigenvalue weighted by Gasteiger charge is 2.27. The Balaban J connectivity index is 1.84. The molecule has 0 radical (unpaired) electrons. The monoisotopic (exact) mass is 472 g/mol. The van der Waals surface area contributed by atoms with Gasteiger partial charge in [0.25, 0.3) is 5.91 Å². The Bertz CT molecular complexity index is 1020. The first kappa shape index (κ1) is 25.5. The molecule has 3 amide bonds. The summed E-state index contributed by atoms with van der Waals surface area (Å²) in [4.78, 5) is 29.4. The molecule has 1 aliphatic rings. The van der Waals surface area contributed by atoms with E-state index >= 15 is 0 Å². The number of likely N-dealkylation sites (N-methyl/N-ethyl adjacent to an activating group) is 2. The van der Waals surface area contributed by atoms with Crippen molar-refractivity contribution in [3.8, 4) is 5.75 Å². The van der Waals surface area contributed by atoms with E-state index in [9.17, 15) is 14.0 Å². The van der Waals surface area contributed by atoms with Crippen molar-refractivity contribution < 1.29 is 23.5 Å². The van der Waals surface area contributed by atoms with Crippen molar-refractivity contribution in [1.29, 1.82) is 0 Å². The molecule has 184 valence electrons. The molecule has 0 spiro atoms. The van der Waals surface area contributed by atoms with Gasteiger partial charge in [0.1, 0.15) is 18.2 Å². The third-order valence-corrected chi connectivity index (χ3v) is 6.14. The molecule has 2 aromatic rings. The van der Waals surface area contributed by atoms with Crippen LogP contribution in [0.2, 0.25) is 0 Å². The molecule has 0 aliphatic carbocycles. The number of ether oxygens (including phenoxy) is 2. The van der Waals surface area contributed by atoms with Crippen molar-refractivity contribution in [3.05, 3.63) is 53.8 Å². The summed E-state index contributed by atoms with van der Waals surface area (Å²) in [7, 11) is 5.43. The number of carbonyl (C=O) groups excluding carboxylic acids is 2. The van der Waals surface area contributed by atoms with Gasteiger partial charge >= 0.3 is 6.03 Å². The summed E-state index contributed by atoms with van der Waals surface area (Å²) in [6, 6.07) is 10.2. The predicted octanol–water partition coefficient (Wildman–Crippen LogP) is 3.91. The zero-order valence-corrected chi connectivity index (χ0v) is 20.3. The molecule has 2 N–H and O–H groups in total. The average molecular weight is 473 g/mol. The zero-order valence-electron chi connectivity index (χ0n) is 20.3.